The summed E-state index contributed by atoms with van der Waals surface area (Å²) in [5.41, 5.74) is 3.40. The van der Waals surface area contributed by atoms with Crippen LogP contribution in [0.1, 0.15) is 30.5 Å². The molecule has 0 aliphatic heterocycles. The fourth-order valence-corrected chi connectivity index (χ4v) is 2.38. The van der Waals surface area contributed by atoms with Crippen molar-refractivity contribution in [1.29, 1.82) is 0 Å². The smallest absolute Gasteiger partial charge is 0.150 e. The molecule has 2 aromatic rings. The zero-order chi connectivity index (χ0) is 15.4. The van der Waals surface area contributed by atoms with Gasteiger partial charge in [0, 0.05) is 18.2 Å². The van der Waals surface area contributed by atoms with Crippen LogP contribution in [0.5, 0.6) is 11.5 Å². The van der Waals surface area contributed by atoms with E-state index in [-0.39, 0.29) is 0 Å². The van der Waals surface area contributed by atoms with Crippen molar-refractivity contribution >= 4 is 11.6 Å². The molecule has 0 aromatic heterocycles. The molecule has 1 N–H and O–H groups in total. The van der Waals surface area contributed by atoms with Gasteiger partial charge < -0.3 is 10.1 Å². The fraction of sp³-hybridized carbons (Fsp3) is 0.333. The van der Waals surface area contributed by atoms with Crippen LogP contribution < -0.4 is 10.1 Å². The molecule has 0 saturated heterocycles. The number of aryl methyl sites for hydroxylation is 2. The molecule has 0 spiro atoms. The second-order valence-corrected chi connectivity index (χ2v) is 6.04. The van der Waals surface area contributed by atoms with Gasteiger partial charge in [0.05, 0.1) is 5.02 Å². The van der Waals surface area contributed by atoms with Gasteiger partial charge in [-0.1, -0.05) is 55.3 Å². The second kappa shape index (κ2) is 6.97. The molecule has 0 fully saturated rings. The van der Waals surface area contributed by atoms with Crippen molar-refractivity contribution in [3.05, 3.63) is 58.1 Å². The summed E-state index contributed by atoms with van der Waals surface area (Å²) in [6.45, 7) is 9.10. The van der Waals surface area contributed by atoms with Gasteiger partial charge >= 0.3 is 0 Å². The fourth-order valence-electron chi connectivity index (χ4n) is 2.14. The van der Waals surface area contributed by atoms with Crippen molar-refractivity contribution < 1.29 is 4.74 Å². The van der Waals surface area contributed by atoms with E-state index in [4.69, 9.17) is 16.3 Å². The molecule has 0 unspecified atom stereocenters. The minimum Gasteiger partial charge on any atom is -0.455 e. The first-order valence-electron chi connectivity index (χ1n) is 7.23. The first-order chi connectivity index (χ1) is 9.97. The summed E-state index contributed by atoms with van der Waals surface area (Å²) in [5, 5.41) is 4.04. The topological polar surface area (TPSA) is 21.3 Å². The highest BCUT2D eigenvalue weighted by molar-refractivity contribution is 6.32. The largest absolute Gasteiger partial charge is 0.455 e. The molecule has 21 heavy (non-hydrogen) atoms. The zero-order valence-electron chi connectivity index (χ0n) is 13.0. The molecular weight excluding hydrogens is 282 g/mol. The molecule has 2 rings (SSSR count). The van der Waals surface area contributed by atoms with E-state index in [1.54, 1.807) is 0 Å². The van der Waals surface area contributed by atoms with Gasteiger partial charge in [-0.2, -0.15) is 0 Å². The number of ether oxygens (including phenoxy) is 1. The minimum absolute atomic E-state index is 0.415. The average molecular weight is 304 g/mol. The predicted octanol–water partition coefficient (Wildman–Crippen LogP) is 5.25. The molecule has 0 aliphatic rings. The van der Waals surface area contributed by atoms with Crippen LogP contribution in [-0.2, 0) is 6.54 Å². The minimum atomic E-state index is 0.415. The van der Waals surface area contributed by atoms with Gasteiger partial charge in [-0.3, -0.25) is 0 Å². The van der Waals surface area contributed by atoms with Crippen LogP contribution in [0.4, 0.5) is 0 Å². The maximum Gasteiger partial charge on any atom is 0.150 e. The molecule has 2 aromatic carbocycles. The van der Waals surface area contributed by atoms with Crippen molar-refractivity contribution in [1.82, 2.24) is 5.32 Å². The van der Waals surface area contributed by atoms with E-state index in [9.17, 15) is 0 Å². The number of hydrogen-bond acceptors (Lipinski definition) is 2. The number of nitrogens with one attached hydrogen (secondary N) is 1. The van der Waals surface area contributed by atoms with Crippen LogP contribution in [0.25, 0.3) is 0 Å². The summed E-state index contributed by atoms with van der Waals surface area (Å²) in [5.74, 6) is 1.58. The van der Waals surface area contributed by atoms with Gasteiger partial charge in [0.2, 0.25) is 0 Å². The Labute approximate surface area is 132 Å². The summed E-state index contributed by atoms with van der Waals surface area (Å²) < 4.78 is 6.09. The molecule has 112 valence electrons. The molecule has 0 saturated carbocycles. The lowest BCUT2D eigenvalue weighted by atomic mass is 10.1. The average Bonchev–Trinajstić information content (AvgIpc) is 2.42. The molecule has 0 radical (unpaired) electrons. The first kappa shape index (κ1) is 15.9. The SMILES string of the molecule is Cc1ccc(Oc2c(Cl)cccc2CNC(C)C)c(C)c1. The van der Waals surface area contributed by atoms with E-state index < -0.39 is 0 Å². The third-order valence-corrected chi connectivity index (χ3v) is 3.59. The highest BCUT2D eigenvalue weighted by Crippen LogP contribution is 2.34. The van der Waals surface area contributed by atoms with Gasteiger partial charge in [-0.05, 0) is 31.5 Å². The highest BCUT2D eigenvalue weighted by atomic mass is 35.5. The van der Waals surface area contributed by atoms with E-state index in [1.165, 1.54) is 5.56 Å². The Kier molecular flexibility index (Phi) is 5.27. The monoisotopic (exact) mass is 303 g/mol. The van der Waals surface area contributed by atoms with E-state index >= 15 is 0 Å². The standard InChI is InChI=1S/C18H22ClNO/c1-12(2)20-11-15-6-5-7-16(19)18(15)21-17-9-8-13(3)10-14(17)4/h5-10,12,20H,11H2,1-4H3. The lowest BCUT2D eigenvalue weighted by molar-refractivity contribution is 0.466. The van der Waals surface area contributed by atoms with Crippen molar-refractivity contribution in [2.75, 3.05) is 0 Å². The molecule has 0 bridgehead atoms. The van der Waals surface area contributed by atoms with Crippen LogP contribution in [0.2, 0.25) is 5.02 Å². The van der Waals surface area contributed by atoms with E-state index in [2.05, 4.69) is 32.2 Å². The Morgan fingerprint density at radius 3 is 2.57 bits per heavy atom. The van der Waals surface area contributed by atoms with Crippen LogP contribution in [0, 0.1) is 13.8 Å². The highest BCUT2D eigenvalue weighted by Gasteiger charge is 2.11. The number of para-hydroxylation sites is 1. The molecule has 0 amide bonds. The van der Waals surface area contributed by atoms with Crippen molar-refractivity contribution in [2.24, 2.45) is 0 Å². The summed E-state index contributed by atoms with van der Waals surface area (Å²) in [4.78, 5) is 0. The summed E-state index contributed by atoms with van der Waals surface area (Å²) in [7, 11) is 0. The third kappa shape index (κ3) is 4.23. The Morgan fingerprint density at radius 2 is 1.90 bits per heavy atom. The van der Waals surface area contributed by atoms with Gasteiger partial charge in [0.1, 0.15) is 5.75 Å². The first-order valence-corrected chi connectivity index (χ1v) is 7.61. The van der Waals surface area contributed by atoms with E-state index in [0.29, 0.717) is 11.1 Å². The number of halogens is 1. The van der Waals surface area contributed by atoms with Crippen molar-refractivity contribution in [3.8, 4) is 11.5 Å². The number of hydrogen-bond donors (Lipinski definition) is 1. The zero-order valence-corrected chi connectivity index (χ0v) is 13.8. The Balaban J connectivity index is 2.29. The van der Waals surface area contributed by atoms with Crippen LogP contribution >= 0.6 is 11.6 Å². The summed E-state index contributed by atoms with van der Waals surface area (Å²) in [6, 6.07) is 12.4. The molecule has 0 heterocycles. The normalized spacial score (nSPS) is 11.0. The van der Waals surface area contributed by atoms with Crippen molar-refractivity contribution in [3.63, 3.8) is 0 Å². The molecule has 3 heteroatoms. The van der Waals surface area contributed by atoms with Gasteiger partial charge in [-0.15, -0.1) is 0 Å². The van der Waals surface area contributed by atoms with Crippen LogP contribution in [0.15, 0.2) is 36.4 Å². The molecule has 0 atom stereocenters. The Bertz CT molecular complexity index is 623. The lowest BCUT2D eigenvalue weighted by Gasteiger charge is -2.16. The second-order valence-electron chi connectivity index (χ2n) is 5.63. The molecule has 0 aliphatic carbocycles. The van der Waals surface area contributed by atoms with Crippen LogP contribution in [-0.4, -0.2) is 6.04 Å². The predicted molar refractivity (Wildman–Crippen MR) is 89.4 cm³/mol. The lowest BCUT2D eigenvalue weighted by Crippen LogP contribution is -2.22. The number of benzene rings is 2. The van der Waals surface area contributed by atoms with Gasteiger partial charge in [0.15, 0.2) is 5.75 Å². The maximum absolute atomic E-state index is 6.33. The quantitative estimate of drug-likeness (QED) is 0.815. The summed E-state index contributed by atoms with van der Waals surface area (Å²) in [6.07, 6.45) is 0. The summed E-state index contributed by atoms with van der Waals surface area (Å²) >= 11 is 6.33. The van der Waals surface area contributed by atoms with Gasteiger partial charge in [-0.25, -0.2) is 0 Å². The van der Waals surface area contributed by atoms with Crippen molar-refractivity contribution in [2.45, 2.75) is 40.3 Å². The maximum atomic E-state index is 6.33. The number of rotatable bonds is 5. The van der Waals surface area contributed by atoms with E-state index in [0.717, 1.165) is 29.2 Å². The van der Waals surface area contributed by atoms with Crippen LogP contribution in [0.3, 0.4) is 0 Å². The molecule has 2 nitrogen and oxygen atoms in total. The van der Waals surface area contributed by atoms with E-state index in [1.807, 2.05) is 37.3 Å². The Morgan fingerprint density at radius 1 is 1.14 bits per heavy atom. The third-order valence-electron chi connectivity index (χ3n) is 3.29. The molecular formula is C18H22ClNO. The Hall–Kier alpha value is -1.51. The van der Waals surface area contributed by atoms with Gasteiger partial charge in [0.25, 0.3) is 0 Å².